The number of hydrogen-bond donors (Lipinski definition) is 1. The summed E-state index contributed by atoms with van der Waals surface area (Å²) in [6, 6.07) is 8.06. The van der Waals surface area contributed by atoms with Gasteiger partial charge in [-0.2, -0.15) is 5.10 Å². The van der Waals surface area contributed by atoms with Crippen LogP contribution in [0.1, 0.15) is 48.7 Å². The quantitative estimate of drug-likeness (QED) is 0.644. The first kappa shape index (κ1) is 21.7. The Balaban J connectivity index is 1.62. The Hall–Kier alpha value is -3.55. The second-order valence-corrected chi connectivity index (χ2v) is 8.74. The molecule has 0 aliphatic carbocycles. The van der Waals surface area contributed by atoms with Gasteiger partial charge in [0.1, 0.15) is 6.33 Å². The van der Waals surface area contributed by atoms with Gasteiger partial charge >= 0.3 is 0 Å². The van der Waals surface area contributed by atoms with E-state index in [2.05, 4.69) is 15.1 Å². The van der Waals surface area contributed by atoms with E-state index in [0.717, 1.165) is 16.7 Å². The Morgan fingerprint density at radius 1 is 1.16 bits per heavy atom. The van der Waals surface area contributed by atoms with Gasteiger partial charge in [0.25, 0.3) is 5.91 Å². The Morgan fingerprint density at radius 3 is 2.59 bits per heavy atom. The lowest BCUT2D eigenvalue weighted by Gasteiger charge is -2.41. The van der Waals surface area contributed by atoms with Crippen LogP contribution in [0.25, 0.3) is 11.1 Å². The number of carbonyl (C=O) groups is 2. The molecule has 3 aromatic rings. The van der Waals surface area contributed by atoms with Crippen LogP contribution >= 0.6 is 0 Å². The molecule has 1 aliphatic rings. The lowest BCUT2D eigenvalue weighted by Crippen LogP contribution is -2.53. The number of piperidine rings is 1. The summed E-state index contributed by atoms with van der Waals surface area (Å²) in [6.07, 6.45) is 10.1. The zero-order valence-electron chi connectivity index (χ0n) is 18.4. The van der Waals surface area contributed by atoms with Gasteiger partial charge in [0.15, 0.2) is 0 Å². The third kappa shape index (κ3) is 4.26. The predicted molar refractivity (Wildman–Crippen MR) is 121 cm³/mol. The van der Waals surface area contributed by atoms with Crippen molar-refractivity contribution in [3.8, 4) is 11.1 Å². The minimum Gasteiger partial charge on any atom is -0.369 e. The molecule has 2 N–H and O–H groups in total. The fraction of sp³-hybridized carbons (Fsp3) is 0.375. The van der Waals surface area contributed by atoms with E-state index < -0.39 is 5.41 Å². The molecule has 0 spiro atoms. The van der Waals surface area contributed by atoms with E-state index in [1.165, 1.54) is 6.33 Å². The molecule has 1 atom stereocenters. The van der Waals surface area contributed by atoms with Crippen LogP contribution in [0.5, 0.6) is 0 Å². The third-order valence-electron chi connectivity index (χ3n) is 6.18. The molecule has 2 aromatic heterocycles. The Labute approximate surface area is 187 Å². The molecular weight excluding hydrogens is 404 g/mol. The standard InChI is InChI=1S/C24H28N6O2/c1-17(2)30-14-20(13-28-30)22(31)29-9-5-8-24(15-29,23(25)32)10-18-6-3-4-7-21(18)19-11-26-16-27-12-19/h3-4,6-7,11-14,16-17H,5,8-10,15H2,1-2H3,(H2,25,32)/t24-/m0/s1. The van der Waals surface area contributed by atoms with E-state index in [-0.39, 0.29) is 24.4 Å². The molecule has 0 bridgehead atoms. The maximum absolute atomic E-state index is 13.2. The number of primary amides is 1. The molecule has 0 unspecified atom stereocenters. The average Bonchev–Trinajstić information content (AvgIpc) is 3.30. The molecule has 1 fully saturated rings. The van der Waals surface area contributed by atoms with Gasteiger partial charge in [-0.15, -0.1) is 0 Å². The second-order valence-electron chi connectivity index (χ2n) is 8.74. The minimum absolute atomic E-state index is 0.119. The van der Waals surface area contributed by atoms with Crippen LogP contribution in [0.3, 0.4) is 0 Å². The fourth-order valence-electron chi connectivity index (χ4n) is 4.41. The molecule has 8 heteroatoms. The number of likely N-dealkylation sites (tertiary alicyclic amines) is 1. The highest BCUT2D eigenvalue weighted by atomic mass is 16.2. The SMILES string of the molecule is CC(C)n1cc(C(=O)N2CCC[C@@](Cc3ccccc3-c3cncnc3)(C(N)=O)C2)cn1. The fourth-order valence-corrected chi connectivity index (χ4v) is 4.41. The molecule has 166 valence electrons. The smallest absolute Gasteiger partial charge is 0.257 e. The van der Waals surface area contributed by atoms with Crippen molar-refractivity contribution in [2.24, 2.45) is 11.1 Å². The summed E-state index contributed by atoms with van der Waals surface area (Å²) >= 11 is 0. The lowest BCUT2D eigenvalue weighted by molar-refractivity contribution is -0.130. The Bertz CT molecular complexity index is 1110. The topological polar surface area (TPSA) is 107 Å². The average molecular weight is 433 g/mol. The minimum atomic E-state index is -0.840. The molecule has 0 saturated carbocycles. The number of nitrogens with zero attached hydrogens (tertiary/aromatic N) is 5. The molecule has 2 amide bonds. The van der Waals surface area contributed by atoms with Crippen molar-refractivity contribution in [1.82, 2.24) is 24.6 Å². The maximum atomic E-state index is 13.2. The second kappa shape index (κ2) is 8.90. The molecule has 1 aliphatic heterocycles. The van der Waals surface area contributed by atoms with E-state index in [1.54, 1.807) is 34.4 Å². The van der Waals surface area contributed by atoms with Gasteiger partial charge in [0.2, 0.25) is 5.91 Å². The molecule has 8 nitrogen and oxygen atoms in total. The summed E-state index contributed by atoms with van der Waals surface area (Å²) in [5.41, 5.74) is 8.49. The van der Waals surface area contributed by atoms with Gasteiger partial charge in [0, 0.05) is 43.3 Å². The van der Waals surface area contributed by atoms with Crippen molar-refractivity contribution in [3.63, 3.8) is 0 Å². The van der Waals surface area contributed by atoms with E-state index in [9.17, 15) is 9.59 Å². The van der Waals surface area contributed by atoms with Crippen LogP contribution < -0.4 is 5.73 Å². The first-order chi connectivity index (χ1) is 15.4. The van der Waals surface area contributed by atoms with Crippen molar-refractivity contribution in [2.45, 2.75) is 39.2 Å². The van der Waals surface area contributed by atoms with Crippen molar-refractivity contribution in [1.29, 1.82) is 0 Å². The van der Waals surface area contributed by atoms with E-state index in [1.807, 2.05) is 38.1 Å². The predicted octanol–water partition coefficient (Wildman–Crippen LogP) is 2.87. The van der Waals surface area contributed by atoms with Crippen molar-refractivity contribution >= 4 is 11.8 Å². The van der Waals surface area contributed by atoms with Gasteiger partial charge < -0.3 is 10.6 Å². The number of rotatable bonds is 6. The highest BCUT2D eigenvalue weighted by molar-refractivity contribution is 5.94. The summed E-state index contributed by atoms with van der Waals surface area (Å²) in [6.45, 7) is 4.90. The first-order valence-electron chi connectivity index (χ1n) is 10.9. The molecule has 3 heterocycles. The molecular formula is C24H28N6O2. The van der Waals surface area contributed by atoms with Gasteiger partial charge in [-0.1, -0.05) is 24.3 Å². The van der Waals surface area contributed by atoms with Crippen molar-refractivity contribution < 1.29 is 9.59 Å². The lowest BCUT2D eigenvalue weighted by atomic mass is 9.73. The van der Waals surface area contributed by atoms with E-state index in [4.69, 9.17) is 5.73 Å². The Kier molecular flexibility index (Phi) is 6.03. The van der Waals surface area contributed by atoms with E-state index in [0.29, 0.717) is 31.4 Å². The van der Waals surface area contributed by atoms with Gasteiger partial charge in [0.05, 0.1) is 17.2 Å². The molecule has 32 heavy (non-hydrogen) atoms. The third-order valence-corrected chi connectivity index (χ3v) is 6.18. The largest absolute Gasteiger partial charge is 0.369 e. The number of amides is 2. The highest BCUT2D eigenvalue weighted by Gasteiger charge is 2.43. The maximum Gasteiger partial charge on any atom is 0.257 e. The summed E-state index contributed by atoms with van der Waals surface area (Å²) in [5.74, 6) is -0.501. The van der Waals surface area contributed by atoms with Crippen LogP contribution in [-0.4, -0.2) is 49.6 Å². The zero-order chi connectivity index (χ0) is 22.7. The van der Waals surface area contributed by atoms with E-state index >= 15 is 0 Å². The van der Waals surface area contributed by atoms with Crippen LogP contribution in [-0.2, 0) is 11.2 Å². The van der Waals surface area contributed by atoms with Crippen molar-refractivity contribution in [2.75, 3.05) is 13.1 Å². The normalized spacial score (nSPS) is 18.7. The Morgan fingerprint density at radius 2 is 1.91 bits per heavy atom. The molecule has 4 rings (SSSR count). The van der Waals surface area contributed by atoms with Crippen LogP contribution in [0.2, 0.25) is 0 Å². The summed E-state index contributed by atoms with van der Waals surface area (Å²) in [4.78, 5) is 35.9. The monoisotopic (exact) mass is 432 g/mol. The number of aromatic nitrogens is 4. The number of hydrogen-bond acceptors (Lipinski definition) is 5. The van der Waals surface area contributed by atoms with Gasteiger partial charge in [-0.3, -0.25) is 14.3 Å². The number of nitrogens with two attached hydrogens (primary N) is 1. The van der Waals surface area contributed by atoms with Crippen LogP contribution in [0.4, 0.5) is 0 Å². The van der Waals surface area contributed by atoms with Gasteiger partial charge in [-0.25, -0.2) is 9.97 Å². The van der Waals surface area contributed by atoms with Crippen molar-refractivity contribution in [3.05, 3.63) is 66.5 Å². The molecule has 0 radical (unpaired) electrons. The number of benzene rings is 1. The van der Waals surface area contributed by atoms with Gasteiger partial charge in [-0.05, 0) is 44.2 Å². The van der Waals surface area contributed by atoms with Crippen LogP contribution in [0.15, 0.2) is 55.4 Å². The van der Waals surface area contributed by atoms with Crippen LogP contribution in [0, 0.1) is 5.41 Å². The number of carbonyl (C=O) groups excluding carboxylic acids is 2. The highest BCUT2D eigenvalue weighted by Crippen LogP contribution is 2.37. The zero-order valence-corrected chi connectivity index (χ0v) is 18.4. The first-order valence-corrected chi connectivity index (χ1v) is 10.9. The summed E-state index contributed by atoms with van der Waals surface area (Å²) in [7, 11) is 0. The summed E-state index contributed by atoms with van der Waals surface area (Å²) in [5, 5.41) is 4.28. The molecule has 1 saturated heterocycles. The summed E-state index contributed by atoms with van der Waals surface area (Å²) < 4.78 is 1.76. The molecule has 1 aromatic carbocycles.